The van der Waals surface area contributed by atoms with Crippen LogP contribution in [0.4, 0.5) is 5.13 Å². The molecule has 1 aliphatic heterocycles. The fourth-order valence-corrected chi connectivity index (χ4v) is 6.55. The van der Waals surface area contributed by atoms with Crippen LogP contribution in [0.15, 0.2) is 53.4 Å². The van der Waals surface area contributed by atoms with Gasteiger partial charge in [0, 0.05) is 15.5 Å². The number of aryl methyl sites for hydroxylation is 1. The number of ether oxygens (including phenoxy) is 1. The fraction of sp³-hybridized carbons (Fsp3) is 0.222. The molecule has 0 radical (unpaired) electrons. The maximum atomic E-state index is 13.5. The number of aromatic nitrogens is 1. The summed E-state index contributed by atoms with van der Waals surface area (Å²) in [6.07, 6.45) is 0. The van der Waals surface area contributed by atoms with E-state index in [4.69, 9.17) is 16.3 Å². The highest BCUT2D eigenvalue weighted by atomic mass is 35.5. The molecule has 2 aromatic heterocycles. The molecule has 0 saturated carbocycles. The van der Waals surface area contributed by atoms with Gasteiger partial charge in [-0.2, -0.15) is 0 Å². The summed E-state index contributed by atoms with van der Waals surface area (Å²) >= 11 is 8.84. The highest BCUT2D eigenvalue weighted by molar-refractivity contribution is 7.22. The van der Waals surface area contributed by atoms with Crippen molar-refractivity contribution in [1.29, 1.82) is 0 Å². The molecule has 0 aliphatic carbocycles. The van der Waals surface area contributed by atoms with Gasteiger partial charge < -0.3 is 9.84 Å². The lowest BCUT2D eigenvalue weighted by Crippen LogP contribution is -2.28. The quantitative estimate of drug-likeness (QED) is 0.167. The lowest BCUT2D eigenvalue weighted by Gasteiger charge is -2.22. The Morgan fingerprint density at radius 1 is 1.19 bits per heavy atom. The van der Waals surface area contributed by atoms with Crippen molar-refractivity contribution in [1.82, 2.24) is 4.98 Å². The van der Waals surface area contributed by atoms with Crippen LogP contribution in [-0.4, -0.2) is 28.9 Å². The Hall–Kier alpha value is -3.20. The molecule has 6 nitrogen and oxygen atoms in total. The van der Waals surface area contributed by atoms with E-state index in [-0.39, 0.29) is 17.3 Å². The summed E-state index contributed by atoms with van der Waals surface area (Å²) in [6.45, 7) is 5.90. The first-order chi connectivity index (χ1) is 17.2. The topological polar surface area (TPSA) is 79.7 Å². The van der Waals surface area contributed by atoms with E-state index in [1.54, 1.807) is 25.3 Å². The van der Waals surface area contributed by atoms with Crippen LogP contribution in [0.25, 0.3) is 16.0 Å². The van der Waals surface area contributed by atoms with Gasteiger partial charge in [-0.3, -0.25) is 14.5 Å². The third-order valence-electron chi connectivity index (χ3n) is 6.26. The number of amides is 1. The van der Waals surface area contributed by atoms with Gasteiger partial charge in [0.15, 0.2) is 5.13 Å². The smallest absolute Gasteiger partial charge is 0.301 e. The Kier molecular flexibility index (Phi) is 6.36. The zero-order valence-electron chi connectivity index (χ0n) is 20.0. The van der Waals surface area contributed by atoms with Crippen LogP contribution in [0.3, 0.4) is 0 Å². The number of carbonyl (C=O) groups excluding carboxylic acids is 2. The van der Waals surface area contributed by atoms with Gasteiger partial charge in [-0.05, 0) is 65.7 Å². The normalized spacial score (nSPS) is 17.5. The second kappa shape index (κ2) is 9.35. The zero-order chi connectivity index (χ0) is 25.7. The Bertz CT molecular complexity index is 1540. The van der Waals surface area contributed by atoms with Crippen LogP contribution in [0.5, 0.6) is 5.75 Å². The first-order valence-electron chi connectivity index (χ1n) is 11.3. The van der Waals surface area contributed by atoms with Gasteiger partial charge in [0.25, 0.3) is 5.78 Å². The maximum Gasteiger partial charge on any atom is 0.301 e. The van der Waals surface area contributed by atoms with Crippen molar-refractivity contribution in [2.45, 2.75) is 32.7 Å². The first kappa shape index (κ1) is 24.5. The Balaban J connectivity index is 1.73. The van der Waals surface area contributed by atoms with Gasteiger partial charge in [-0.15, -0.1) is 11.3 Å². The van der Waals surface area contributed by atoms with Crippen molar-refractivity contribution in [3.05, 3.63) is 80.0 Å². The van der Waals surface area contributed by atoms with Crippen molar-refractivity contribution in [2.75, 3.05) is 12.0 Å². The van der Waals surface area contributed by atoms with Gasteiger partial charge in [0.1, 0.15) is 17.6 Å². The summed E-state index contributed by atoms with van der Waals surface area (Å²) in [6, 6.07) is 11.9. The third kappa shape index (κ3) is 3.99. The first-order valence-corrected chi connectivity index (χ1v) is 13.4. The molecule has 4 aromatic rings. The number of thiophene rings is 1. The van der Waals surface area contributed by atoms with E-state index in [1.807, 2.05) is 50.4 Å². The molecule has 1 saturated heterocycles. The lowest BCUT2D eigenvalue weighted by molar-refractivity contribution is -0.132. The Morgan fingerprint density at radius 2 is 1.97 bits per heavy atom. The standard InChI is InChI=1S/C27H23ClN2O4S2/c1-13(2)16-12-17(14(3)10-19(16)34-4)24(31)22-23(20-6-5-9-35-20)30(26(33)25(22)32)27-29-18-8-7-15(28)11-21(18)36-27/h5-13,23,31H,1-4H3/b24-22+. The minimum Gasteiger partial charge on any atom is -0.507 e. The summed E-state index contributed by atoms with van der Waals surface area (Å²) < 4.78 is 6.34. The summed E-state index contributed by atoms with van der Waals surface area (Å²) in [5.41, 5.74) is 2.85. The SMILES string of the molecule is COc1cc(C)c(/C(O)=C2\C(=O)C(=O)N(c3nc4ccc(Cl)cc4s3)C2c2cccs2)cc1C(C)C. The minimum atomic E-state index is -0.801. The van der Waals surface area contributed by atoms with E-state index in [0.29, 0.717) is 27.0 Å². The van der Waals surface area contributed by atoms with Gasteiger partial charge in [0.2, 0.25) is 0 Å². The number of thiazole rings is 1. The van der Waals surface area contributed by atoms with E-state index in [1.165, 1.54) is 27.6 Å². The number of fused-ring (bicyclic) bond motifs is 1. The molecule has 1 amide bonds. The van der Waals surface area contributed by atoms with Crippen LogP contribution < -0.4 is 9.64 Å². The monoisotopic (exact) mass is 538 g/mol. The number of Topliss-reactive ketones (excluding diaryl/α,β-unsaturated/α-hetero) is 1. The summed E-state index contributed by atoms with van der Waals surface area (Å²) in [5.74, 6) is -0.847. The summed E-state index contributed by atoms with van der Waals surface area (Å²) in [5, 5.41) is 14.4. The van der Waals surface area contributed by atoms with Crippen LogP contribution in [-0.2, 0) is 9.59 Å². The van der Waals surface area contributed by atoms with E-state index >= 15 is 0 Å². The van der Waals surface area contributed by atoms with E-state index in [9.17, 15) is 14.7 Å². The predicted molar refractivity (Wildman–Crippen MR) is 146 cm³/mol. The summed E-state index contributed by atoms with van der Waals surface area (Å²) in [7, 11) is 1.60. The number of rotatable bonds is 5. The number of benzene rings is 2. The molecule has 36 heavy (non-hydrogen) atoms. The van der Waals surface area contributed by atoms with Crippen molar-refractivity contribution >= 4 is 67.1 Å². The van der Waals surface area contributed by atoms with Crippen LogP contribution in [0.1, 0.15) is 47.4 Å². The Labute approximate surface area is 221 Å². The van der Waals surface area contributed by atoms with Gasteiger partial charge in [-0.25, -0.2) is 4.98 Å². The molecule has 1 N–H and O–H groups in total. The highest BCUT2D eigenvalue weighted by Crippen LogP contribution is 2.46. The van der Waals surface area contributed by atoms with E-state index in [0.717, 1.165) is 20.7 Å². The number of aliphatic hydroxyl groups is 1. The van der Waals surface area contributed by atoms with Crippen LogP contribution >= 0.6 is 34.3 Å². The molecule has 2 aromatic carbocycles. The Morgan fingerprint density at radius 3 is 2.64 bits per heavy atom. The number of hydrogen-bond acceptors (Lipinski definition) is 7. The second-order valence-electron chi connectivity index (χ2n) is 8.86. The van der Waals surface area contributed by atoms with E-state index < -0.39 is 17.7 Å². The van der Waals surface area contributed by atoms with Gasteiger partial charge in [0.05, 0.1) is 22.9 Å². The molecule has 1 atom stereocenters. The number of halogens is 1. The van der Waals surface area contributed by atoms with Gasteiger partial charge >= 0.3 is 5.91 Å². The van der Waals surface area contributed by atoms with Crippen molar-refractivity contribution in [3.63, 3.8) is 0 Å². The van der Waals surface area contributed by atoms with Crippen LogP contribution in [0.2, 0.25) is 5.02 Å². The number of anilines is 1. The fourth-order valence-electron chi connectivity index (χ4n) is 4.46. The third-order valence-corrected chi connectivity index (χ3v) is 8.43. The molecule has 9 heteroatoms. The predicted octanol–water partition coefficient (Wildman–Crippen LogP) is 7.08. The molecule has 5 rings (SSSR count). The number of aliphatic hydroxyl groups excluding tert-OH is 1. The van der Waals surface area contributed by atoms with E-state index in [2.05, 4.69) is 4.98 Å². The van der Waals surface area contributed by atoms with Crippen molar-refractivity contribution < 1.29 is 19.4 Å². The lowest BCUT2D eigenvalue weighted by atomic mass is 9.92. The van der Waals surface area contributed by atoms with Crippen molar-refractivity contribution in [3.8, 4) is 5.75 Å². The number of nitrogens with zero attached hydrogens (tertiary/aromatic N) is 2. The number of methoxy groups -OCH3 is 1. The molecule has 3 heterocycles. The number of hydrogen-bond donors (Lipinski definition) is 1. The summed E-state index contributed by atoms with van der Waals surface area (Å²) in [4.78, 5) is 33.6. The zero-order valence-corrected chi connectivity index (χ0v) is 22.4. The molecule has 1 fully saturated rings. The van der Waals surface area contributed by atoms with Gasteiger partial charge in [-0.1, -0.05) is 42.9 Å². The highest BCUT2D eigenvalue weighted by Gasteiger charge is 2.48. The second-order valence-corrected chi connectivity index (χ2v) is 11.3. The number of carbonyl (C=O) groups is 2. The molecule has 0 bridgehead atoms. The number of ketones is 1. The average molecular weight is 539 g/mol. The minimum absolute atomic E-state index is 0.0442. The maximum absolute atomic E-state index is 13.5. The van der Waals surface area contributed by atoms with Crippen molar-refractivity contribution in [2.24, 2.45) is 0 Å². The molecule has 184 valence electrons. The largest absolute Gasteiger partial charge is 0.507 e. The molecule has 1 unspecified atom stereocenters. The molecular weight excluding hydrogens is 516 g/mol. The molecule has 0 spiro atoms. The van der Waals surface area contributed by atoms with Crippen LogP contribution in [0, 0.1) is 6.92 Å². The molecular formula is C27H23ClN2O4S2. The average Bonchev–Trinajstić information content (AvgIpc) is 3.56. The molecule has 1 aliphatic rings.